The lowest BCUT2D eigenvalue weighted by Crippen LogP contribution is -2.52. The van der Waals surface area contributed by atoms with E-state index in [1.807, 2.05) is 23.0 Å². The number of ether oxygens (including phenoxy) is 1. The number of hydrogen-bond donors (Lipinski definition) is 2. The fourth-order valence-electron chi connectivity index (χ4n) is 7.84. The lowest BCUT2D eigenvalue weighted by Gasteiger charge is -2.35. The number of rotatable bonds is 5. The van der Waals surface area contributed by atoms with Gasteiger partial charge in [0, 0.05) is 60.0 Å². The van der Waals surface area contributed by atoms with Gasteiger partial charge in [0.2, 0.25) is 0 Å². The molecule has 1 aromatic heterocycles. The standard InChI is InChI=1S/C34H28F6N6O/c1-2-20-25-21(8-17(41)9-22(25)28(38)30(40)27(20)37)26-24(36)10-23-31(29(26)39)43-33(44-32(23)45-13-18-4-5-19(14-45)42-18)47-15-34-6-3-7-46(34)12-16(35)11-34/h1,4-5,8-10,16,18-19,42H,3,6-7,11-15,41H2. The highest BCUT2D eigenvalue weighted by atomic mass is 19.2. The van der Waals surface area contributed by atoms with Crippen molar-refractivity contribution < 1.29 is 31.1 Å². The number of nitrogens with one attached hydrogen (secondary N) is 1. The maximum absolute atomic E-state index is 16.8. The topological polar surface area (TPSA) is 79.5 Å². The molecule has 13 heteroatoms. The third-order valence-corrected chi connectivity index (χ3v) is 9.88. The quantitative estimate of drug-likeness (QED) is 0.0988. The van der Waals surface area contributed by atoms with Crippen molar-refractivity contribution in [2.75, 3.05) is 43.4 Å². The Morgan fingerprint density at radius 2 is 1.74 bits per heavy atom. The van der Waals surface area contributed by atoms with Crippen molar-refractivity contribution in [2.45, 2.75) is 43.1 Å². The number of nitrogen functional groups attached to an aromatic ring is 1. The van der Waals surface area contributed by atoms with E-state index in [0.29, 0.717) is 19.6 Å². The second-order valence-electron chi connectivity index (χ2n) is 12.8. The van der Waals surface area contributed by atoms with E-state index in [0.717, 1.165) is 37.6 Å². The van der Waals surface area contributed by atoms with E-state index in [2.05, 4.69) is 20.2 Å². The summed E-state index contributed by atoms with van der Waals surface area (Å²) in [5, 5.41) is 2.49. The van der Waals surface area contributed by atoms with Gasteiger partial charge in [-0.05, 0) is 43.1 Å². The molecule has 3 saturated heterocycles. The highest BCUT2D eigenvalue weighted by Gasteiger charge is 2.49. The number of aromatic nitrogens is 2. The zero-order valence-electron chi connectivity index (χ0n) is 24.9. The molecule has 3 aromatic carbocycles. The first kappa shape index (κ1) is 29.8. The fraction of sp³-hybridized carbons (Fsp3) is 0.353. The highest BCUT2D eigenvalue weighted by molar-refractivity contribution is 6.05. The zero-order valence-corrected chi connectivity index (χ0v) is 24.9. The van der Waals surface area contributed by atoms with Crippen LogP contribution < -0.4 is 20.7 Å². The monoisotopic (exact) mass is 650 g/mol. The van der Waals surface area contributed by atoms with Crippen LogP contribution >= 0.6 is 0 Å². The molecule has 4 unspecified atom stereocenters. The number of alkyl halides is 1. The van der Waals surface area contributed by atoms with E-state index < -0.39 is 62.7 Å². The van der Waals surface area contributed by atoms with Crippen LogP contribution in [-0.4, -0.2) is 71.4 Å². The van der Waals surface area contributed by atoms with Crippen molar-refractivity contribution in [3.05, 3.63) is 65.0 Å². The van der Waals surface area contributed by atoms with Crippen LogP contribution in [-0.2, 0) is 0 Å². The molecule has 47 heavy (non-hydrogen) atoms. The van der Waals surface area contributed by atoms with Gasteiger partial charge in [-0.25, -0.2) is 26.3 Å². The molecule has 4 aliphatic rings. The van der Waals surface area contributed by atoms with Crippen LogP contribution in [0.2, 0.25) is 0 Å². The molecule has 0 aliphatic carbocycles. The van der Waals surface area contributed by atoms with Gasteiger partial charge in [-0.2, -0.15) is 9.97 Å². The number of halogens is 6. The minimum atomic E-state index is -1.83. The highest BCUT2D eigenvalue weighted by Crippen LogP contribution is 2.43. The summed E-state index contributed by atoms with van der Waals surface area (Å²) >= 11 is 0. The van der Waals surface area contributed by atoms with E-state index >= 15 is 13.2 Å². The van der Waals surface area contributed by atoms with Gasteiger partial charge >= 0.3 is 6.01 Å². The lowest BCUT2D eigenvalue weighted by molar-refractivity contribution is 0.107. The Bertz CT molecular complexity index is 2050. The number of piperazine rings is 1. The Balaban J connectivity index is 1.32. The average Bonchev–Trinajstić information content (AvgIpc) is 3.69. The maximum atomic E-state index is 16.8. The number of nitrogens with zero attached hydrogens (tertiary/aromatic N) is 4. The minimum absolute atomic E-state index is 0.0194. The molecule has 5 heterocycles. The number of fused-ring (bicyclic) bond motifs is 5. The fourth-order valence-corrected chi connectivity index (χ4v) is 7.84. The first-order valence-corrected chi connectivity index (χ1v) is 15.3. The summed E-state index contributed by atoms with van der Waals surface area (Å²) in [4.78, 5) is 12.9. The largest absolute Gasteiger partial charge is 0.461 e. The van der Waals surface area contributed by atoms with E-state index in [9.17, 15) is 13.2 Å². The number of anilines is 2. The van der Waals surface area contributed by atoms with Gasteiger partial charge in [0.05, 0.1) is 16.7 Å². The Labute approximate surface area is 265 Å². The van der Waals surface area contributed by atoms with Crippen LogP contribution in [0.1, 0.15) is 24.8 Å². The van der Waals surface area contributed by atoms with Gasteiger partial charge in [-0.15, -0.1) is 6.42 Å². The number of terminal acetylenes is 1. The Morgan fingerprint density at radius 1 is 0.979 bits per heavy atom. The van der Waals surface area contributed by atoms with Crippen molar-refractivity contribution in [3.8, 4) is 29.5 Å². The Hall–Kier alpha value is -4.54. The molecular weight excluding hydrogens is 622 g/mol. The van der Waals surface area contributed by atoms with Crippen LogP contribution in [0.25, 0.3) is 32.8 Å². The van der Waals surface area contributed by atoms with Gasteiger partial charge in [-0.1, -0.05) is 18.1 Å². The molecule has 4 aromatic rings. The smallest absolute Gasteiger partial charge is 0.319 e. The Morgan fingerprint density at radius 3 is 2.49 bits per heavy atom. The van der Waals surface area contributed by atoms with Crippen molar-refractivity contribution >= 4 is 33.2 Å². The molecule has 7 nitrogen and oxygen atoms in total. The predicted octanol–water partition coefficient (Wildman–Crippen LogP) is 5.38. The lowest BCUT2D eigenvalue weighted by atomic mass is 9.91. The molecule has 3 N–H and O–H groups in total. The summed E-state index contributed by atoms with van der Waals surface area (Å²) in [6.45, 7) is 2.00. The van der Waals surface area contributed by atoms with E-state index in [1.54, 1.807) is 0 Å². The molecule has 0 spiro atoms. The van der Waals surface area contributed by atoms with Crippen molar-refractivity contribution in [2.24, 2.45) is 0 Å². The number of nitrogens with two attached hydrogens (primary N) is 1. The van der Waals surface area contributed by atoms with Crippen LogP contribution in [0.15, 0.2) is 30.4 Å². The van der Waals surface area contributed by atoms with Crippen molar-refractivity contribution in [1.82, 2.24) is 20.2 Å². The second kappa shape index (κ2) is 10.7. The predicted molar refractivity (Wildman–Crippen MR) is 165 cm³/mol. The third-order valence-electron chi connectivity index (χ3n) is 9.88. The molecule has 4 atom stereocenters. The summed E-state index contributed by atoms with van der Waals surface area (Å²) < 4.78 is 98.0. The first-order valence-electron chi connectivity index (χ1n) is 15.3. The zero-order chi connectivity index (χ0) is 32.8. The molecule has 2 bridgehead atoms. The normalized spacial score (nSPS) is 25.2. The van der Waals surface area contributed by atoms with E-state index in [-0.39, 0.29) is 59.1 Å². The molecule has 0 saturated carbocycles. The van der Waals surface area contributed by atoms with Crippen molar-refractivity contribution in [3.63, 3.8) is 0 Å². The SMILES string of the molecule is C#Cc1c(F)c(F)c(F)c2cc(N)cc(-c3c(F)cc4c(N5CC6C=CC(C5)N6)nc(OCC56CCCN5CC(F)C6)nc4c3F)c12. The Kier molecular flexibility index (Phi) is 6.82. The summed E-state index contributed by atoms with van der Waals surface area (Å²) in [7, 11) is 0. The van der Waals surface area contributed by atoms with Gasteiger partial charge < -0.3 is 20.7 Å². The molecule has 4 aliphatic heterocycles. The van der Waals surface area contributed by atoms with Gasteiger partial charge in [-0.3, -0.25) is 4.90 Å². The van der Waals surface area contributed by atoms with Gasteiger partial charge in [0.25, 0.3) is 0 Å². The van der Waals surface area contributed by atoms with Crippen LogP contribution in [0.3, 0.4) is 0 Å². The number of hydrogen-bond acceptors (Lipinski definition) is 7. The first-order chi connectivity index (χ1) is 22.6. The van der Waals surface area contributed by atoms with Crippen LogP contribution in [0.4, 0.5) is 37.8 Å². The molecule has 3 fully saturated rings. The van der Waals surface area contributed by atoms with Crippen LogP contribution in [0.5, 0.6) is 6.01 Å². The number of benzene rings is 3. The molecule has 242 valence electrons. The van der Waals surface area contributed by atoms with Crippen LogP contribution in [0, 0.1) is 41.4 Å². The second-order valence-corrected chi connectivity index (χ2v) is 12.8. The summed E-state index contributed by atoms with van der Waals surface area (Å²) in [6, 6.07) is 2.96. The maximum Gasteiger partial charge on any atom is 0.319 e. The molecule has 0 amide bonds. The molecule has 0 radical (unpaired) electrons. The summed E-state index contributed by atoms with van der Waals surface area (Å²) in [5.41, 5.74) is 3.13. The van der Waals surface area contributed by atoms with E-state index in [4.69, 9.17) is 16.9 Å². The molecular formula is C34H28F6N6O. The average molecular weight is 651 g/mol. The van der Waals surface area contributed by atoms with Crippen molar-refractivity contribution in [1.29, 1.82) is 0 Å². The molecule has 8 rings (SSSR count). The van der Waals surface area contributed by atoms with Gasteiger partial charge in [0.1, 0.15) is 29.9 Å². The van der Waals surface area contributed by atoms with Gasteiger partial charge in [0.15, 0.2) is 23.3 Å². The van der Waals surface area contributed by atoms with E-state index in [1.165, 1.54) is 0 Å². The minimum Gasteiger partial charge on any atom is -0.461 e. The third kappa shape index (κ3) is 4.60. The summed E-state index contributed by atoms with van der Waals surface area (Å²) in [5.74, 6) is -5.18. The summed E-state index contributed by atoms with van der Waals surface area (Å²) in [6.07, 6.45) is 10.4.